The van der Waals surface area contributed by atoms with Crippen LogP contribution in [-0.2, 0) is 28.6 Å². The van der Waals surface area contributed by atoms with Crippen LogP contribution in [0.4, 0.5) is 0 Å². The van der Waals surface area contributed by atoms with Crippen LogP contribution < -0.4 is 0 Å². The van der Waals surface area contributed by atoms with E-state index in [1.165, 1.54) is 250 Å². The van der Waals surface area contributed by atoms with Crippen LogP contribution in [0.3, 0.4) is 0 Å². The lowest BCUT2D eigenvalue weighted by Gasteiger charge is -2.18. The molecule has 0 spiro atoms. The van der Waals surface area contributed by atoms with Crippen molar-refractivity contribution in [1.29, 1.82) is 0 Å². The Hall–Kier alpha value is -1.59. The van der Waals surface area contributed by atoms with Crippen LogP contribution in [0.1, 0.15) is 355 Å². The largest absolute Gasteiger partial charge is 0.462 e. The summed E-state index contributed by atoms with van der Waals surface area (Å²) < 4.78 is 16.9. The molecular formula is C62H120O6. The van der Waals surface area contributed by atoms with Crippen molar-refractivity contribution in [2.24, 2.45) is 5.92 Å². The van der Waals surface area contributed by atoms with Gasteiger partial charge in [-0.1, -0.05) is 317 Å². The topological polar surface area (TPSA) is 78.9 Å². The summed E-state index contributed by atoms with van der Waals surface area (Å²) in [5.74, 6) is 0.00123. The molecule has 0 unspecified atom stereocenters. The maximum atomic E-state index is 12.9. The lowest BCUT2D eigenvalue weighted by molar-refractivity contribution is -0.167. The van der Waals surface area contributed by atoms with Gasteiger partial charge >= 0.3 is 17.9 Å². The van der Waals surface area contributed by atoms with Gasteiger partial charge in [0.1, 0.15) is 13.2 Å². The van der Waals surface area contributed by atoms with Crippen LogP contribution in [0.5, 0.6) is 0 Å². The quantitative estimate of drug-likeness (QED) is 0.0343. The number of unbranched alkanes of at least 4 members (excludes halogenated alkanes) is 44. The number of ether oxygens (including phenoxy) is 3. The van der Waals surface area contributed by atoms with Crippen molar-refractivity contribution in [2.45, 2.75) is 361 Å². The number of hydrogen-bond donors (Lipinski definition) is 0. The summed E-state index contributed by atoms with van der Waals surface area (Å²) in [5, 5.41) is 0. The normalized spacial score (nSPS) is 12.0. The van der Waals surface area contributed by atoms with E-state index in [9.17, 15) is 14.4 Å². The Morgan fingerprint density at radius 1 is 0.279 bits per heavy atom. The molecule has 6 nitrogen and oxygen atoms in total. The first kappa shape index (κ1) is 66.4. The van der Waals surface area contributed by atoms with Crippen LogP contribution in [0.2, 0.25) is 0 Å². The summed E-state index contributed by atoms with van der Waals surface area (Å²) in [6.45, 7) is 9.07. The molecule has 0 saturated carbocycles. The Morgan fingerprint density at radius 2 is 0.485 bits per heavy atom. The summed E-state index contributed by atoms with van der Waals surface area (Å²) in [4.78, 5) is 38.2. The molecule has 0 aromatic heterocycles. The minimum absolute atomic E-state index is 0.0615. The van der Waals surface area contributed by atoms with E-state index in [2.05, 4.69) is 27.7 Å². The molecule has 0 amide bonds. The van der Waals surface area contributed by atoms with Crippen molar-refractivity contribution in [1.82, 2.24) is 0 Å². The Morgan fingerprint density at radius 3 is 0.721 bits per heavy atom. The fraction of sp³-hybridized carbons (Fsp3) is 0.952. The van der Waals surface area contributed by atoms with Gasteiger partial charge in [-0.3, -0.25) is 14.4 Å². The van der Waals surface area contributed by atoms with Gasteiger partial charge in [0.25, 0.3) is 0 Å². The Balaban J connectivity index is 4.27. The molecule has 0 N–H and O–H groups in total. The van der Waals surface area contributed by atoms with Gasteiger partial charge in [-0.2, -0.15) is 0 Å². The van der Waals surface area contributed by atoms with Gasteiger partial charge in [-0.05, 0) is 25.2 Å². The Kier molecular flexibility index (Phi) is 55.0. The predicted molar refractivity (Wildman–Crippen MR) is 293 cm³/mol. The minimum atomic E-state index is -0.762. The van der Waals surface area contributed by atoms with E-state index in [1.54, 1.807) is 0 Å². The van der Waals surface area contributed by atoms with E-state index >= 15 is 0 Å². The van der Waals surface area contributed by atoms with E-state index in [4.69, 9.17) is 14.2 Å². The van der Waals surface area contributed by atoms with Crippen LogP contribution in [-0.4, -0.2) is 37.2 Å². The first-order chi connectivity index (χ1) is 33.4. The zero-order valence-corrected chi connectivity index (χ0v) is 46.6. The third-order valence-electron chi connectivity index (χ3n) is 14.3. The molecule has 1 atom stereocenters. The molecule has 0 rings (SSSR count). The van der Waals surface area contributed by atoms with Gasteiger partial charge in [0.15, 0.2) is 6.10 Å². The van der Waals surface area contributed by atoms with Gasteiger partial charge in [0, 0.05) is 19.3 Å². The average Bonchev–Trinajstić information content (AvgIpc) is 3.32. The van der Waals surface area contributed by atoms with Gasteiger partial charge in [-0.25, -0.2) is 0 Å². The third kappa shape index (κ3) is 55.3. The number of esters is 3. The molecule has 0 aliphatic heterocycles. The molecule has 0 fully saturated rings. The van der Waals surface area contributed by atoms with Gasteiger partial charge in [0.05, 0.1) is 0 Å². The second kappa shape index (κ2) is 56.3. The number of hydrogen-bond acceptors (Lipinski definition) is 6. The van der Waals surface area contributed by atoms with E-state index in [-0.39, 0.29) is 31.1 Å². The average molecular weight is 962 g/mol. The van der Waals surface area contributed by atoms with E-state index in [0.29, 0.717) is 19.3 Å². The van der Waals surface area contributed by atoms with Crippen molar-refractivity contribution in [3.63, 3.8) is 0 Å². The molecule has 0 aromatic carbocycles. The third-order valence-corrected chi connectivity index (χ3v) is 14.3. The zero-order valence-electron chi connectivity index (χ0n) is 46.6. The number of carbonyl (C=O) groups excluding carboxylic acids is 3. The van der Waals surface area contributed by atoms with Crippen LogP contribution in [0, 0.1) is 5.92 Å². The maximum absolute atomic E-state index is 12.9. The highest BCUT2D eigenvalue weighted by Crippen LogP contribution is 2.18. The molecule has 0 aliphatic rings. The van der Waals surface area contributed by atoms with Crippen molar-refractivity contribution in [3.8, 4) is 0 Å². The molecular weight excluding hydrogens is 841 g/mol. The lowest BCUT2D eigenvalue weighted by Crippen LogP contribution is -2.30. The molecule has 0 radical (unpaired) electrons. The van der Waals surface area contributed by atoms with Crippen molar-refractivity contribution >= 4 is 17.9 Å². The second-order valence-electron chi connectivity index (χ2n) is 21.8. The minimum Gasteiger partial charge on any atom is -0.462 e. The smallest absolute Gasteiger partial charge is 0.306 e. The van der Waals surface area contributed by atoms with Crippen molar-refractivity contribution < 1.29 is 28.6 Å². The Labute approximate surface area is 425 Å². The van der Waals surface area contributed by atoms with Crippen molar-refractivity contribution in [3.05, 3.63) is 0 Å². The fourth-order valence-electron chi connectivity index (χ4n) is 9.63. The van der Waals surface area contributed by atoms with Gasteiger partial charge in [-0.15, -0.1) is 0 Å². The zero-order chi connectivity index (χ0) is 49.5. The highest BCUT2D eigenvalue weighted by molar-refractivity contribution is 5.71. The van der Waals surface area contributed by atoms with Gasteiger partial charge < -0.3 is 14.2 Å². The summed E-state index contributed by atoms with van der Waals surface area (Å²) in [5.41, 5.74) is 0. The molecule has 0 aliphatic carbocycles. The molecule has 0 heterocycles. The molecule has 68 heavy (non-hydrogen) atoms. The maximum Gasteiger partial charge on any atom is 0.306 e. The van der Waals surface area contributed by atoms with E-state index in [1.807, 2.05) is 0 Å². The predicted octanol–water partition coefficient (Wildman–Crippen LogP) is 20.6. The Bertz CT molecular complexity index is 1030. The first-order valence-corrected chi connectivity index (χ1v) is 30.9. The van der Waals surface area contributed by atoms with Crippen molar-refractivity contribution in [2.75, 3.05) is 13.2 Å². The number of carbonyl (C=O) groups is 3. The summed E-state index contributed by atoms with van der Waals surface area (Å²) >= 11 is 0. The van der Waals surface area contributed by atoms with E-state index < -0.39 is 6.10 Å². The van der Waals surface area contributed by atoms with Crippen LogP contribution in [0.15, 0.2) is 0 Å². The summed E-state index contributed by atoms with van der Waals surface area (Å²) in [6.07, 6.45) is 62.4. The number of rotatable bonds is 57. The molecule has 0 saturated heterocycles. The lowest BCUT2D eigenvalue weighted by atomic mass is 10.0. The molecule has 0 bridgehead atoms. The second-order valence-corrected chi connectivity index (χ2v) is 21.8. The van der Waals surface area contributed by atoms with Gasteiger partial charge in [0.2, 0.25) is 0 Å². The van der Waals surface area contributed by atoms with Crippen LogP contribution in [0.25, 0.3) is 0 Å². The van der Waals surface area contributed by atoms with E-state index in [0.717, 1.165) is 63.7 Å². The summed E-state index contributed by atoms with van der Waals surface area (Å²) in [7, 11) is 0. The SMILES string of the molecule is CCCCCCCCCCCCCCCCCCCCCC(=O)OC[C@H](COC(=O)CCCCCCCCCCCCCCCCCC)OC(=O)CCCCCCCCCCCCCCC(C)C. The first-order valence-electron chi connectivity index (χ1n) is 30.9. The highest BCUT2D eigenvalue weighted by atomic mass is 16.6. The fourth-order valence-corrected chi connectivity index (χ4v) is 9.63. The molecule has 404 valence electrons. The summed E-state index contributed by atoms with van der Waals surface area (Å²) in [6, 6.07) is 0. The molecule has 0 aromatic rings. The monoisotopic (exact) mass is 961 g/mol. The standard InChI is InChI=1S/C62H120O6/c1-5-7-9-11-13-15-17-19-21-23-24-25-27-29-34-38-42-46-50-54-61(64)67-57-59(68-62(65)55-51-47-43-39-35-31-30-32-36-40-44-48-52-58(3)4)56-66-60(63)53-49-45-41-37-33-28-26-22-20-18-16-14-12-10-8-6-2/h58-59H,5-57H2,1-4H3/t59-/m0/s1. The highest BCUT2D eigenvalue weighted by Gasteiger charge is 2.19. The molecule has 6 heteroatoms. The van der Waals surface area contributed by atoms with Crippen LogP contribution >= 0.6 is 0 Å².